The van der Waals surface area contributed by atoms with E-state index in [1.165, 1.54) is 6.92 Å². The van der Waals surface area contributed by atoms with Gasteiger partial charge in [0, 0.05) is 6.92 Å². The highest BCUT2D eigenvalue weighted by molar-refractivity contribution is 5.70. The smallest absolute Gasteiger partial charge is 0.270 e. The Morgan fingerprint density at radius 1 is 1.46 bits per heavy atom. The quantitative estimate of drug-likeness (QED) is 0.565. The van der Waals surface area contributed by atoms with Gasteiger partial charge >= 0.3 is 0 Å². The van der Waals surface area contributed by atoms with Gasteiger partial charge in [-0.1, -0.05) is 35.6 Å². The molecule has 0 heterocycles. The molecule has 0 spiro atoms. The third kappa shape index (κ3) is 3.23. The molecule has 0 fully saturated rings. The number of benzene rings is 1. The zero-order chi connectivity index (χ0) is 9.68. The van der Waals surface area contributed by atoms with Crippen LogP contribution in [0.4, 0.5) is 0 Å². The first-order chi connectivity index (χ1) is 6.20. The van der Waals surface area contributed by atoms with Crippen molar-refractivity contribution in [2.75, 3.05) is 0 Å². The summed E-state index contributed by atoms with van der Waals surface area (Å²) >= 11 is 0. The maximum Gasteiger partial charge on any atom is 0.270 e. The Kier molecular flexibility index (Phi) is 3.42. The van der Waals surface area contributed by atoms with Gasteiger partial charge < -0.3 is 0 Å². The zero-order valence-corrected chi connectivity index (χ0v) is 7.30. The van der Waals surface area contributed by atoms with E-state index in [-0.39, 0.29) is 11.8 Å². The fourth-order valence-electron chi connectivity index (χ4n) is 0.801. The molecule has 0 saturated carbocycles. The SMILES string of the molecule is CC(=O)N(O)OCc1ccccc1. The van der Waals surface area contributed by atoms with E-state index in [9.17, 15) is 4.79 Å². The second-order valence-corrected chi connectivity index (χ2v) is 2.55. The van der Waals surface area contributed by atoms with Crippen LogP contribution in [0.15, 0.2) is 30.3 Å². The number of nitrogens with zero attached hydrogens (tertiary/aromatic N) is 1. The zero-order valence-electron chi connectivity index (χ0n) is 7.30. The Labute approximate surface area is 76.3 Å². The predicted molar refractivity (Wildman–Crippen MR) is 45.5 cm³/mol. The summed E-state index contributed by atoms with van der Waals surface area (Å²) in [5, 5.41) is 9.08. The van der Waals surface area contributed by atoms with Crippen LogP contribution >= 0.6 is 0 Å². The third-order valence-electron chi connectivity index (χ3n) is 1.47. The molecule has 1 N–H and O–H groups in total. The van der Waals surface area contributed by atoms with E-state index >= 15 is 0 Å². The molecule has 70 valence electrons. The van der Waals surface area contributed by atoms with Gasteiger partial charge in [0.1, 0.15) is 6.61 Å². The van der Waals surface area contributed by atoms with E-state index < -0.39 is 5.91 Å². The van der Waals surface area contributed by atoms with Crippen molar-refractivity contribution in [3.63, 3.8) is 0 Å². The van der Waals surface area contributed by atoms with Crippen LogP contribution in [0.3, 0.4) is 0 Å². The van der Waals surface area contributed by atoms with Crippen molar-refractivity contribution in [3.05, 3.63) is 35.9 Å². The van der Waals surface area contributed by atoms with Gasteiger partial charge in [0.2, 0.25) is 0 Å². The van der Waals surface area contributed by atoms with Crippen LogP contribution in [0.5, 0.6) is 0 Å². The van der Waals surface area contributed by atoms with E-state index in [2.05, 4.69) is 0 Å². The van der Waals surface area contributed by atoms with Gasteiger partial charge in [-0.15, -0.1) is 0 Å². The maximum absolute atomic E-state index is 10.5. The summed E-state index contributed by atoms with van der Waals surface area (Å²) in [4.78, 5) is 15.2. The molecular formula is C9H11NO3. The Balaban J connectivity index is 2.39. The number of amides is 1. The molecule has 1 aromatic rings. The van der Waals surface area contributed by atoms with Crippen molar-refractivity contribution < 1.29 is 14.8 Å². The second kappa shape index (κ2) is 4.59. The fraction of sp³-hybridized carbons (Fsp3) is 0.222. The van der Waals surface area contributed by atoms with Gasteiger partial charge in [-0.25, -0.2) is 4.84 Å². The van der Waals surface area contributed by atoms with Crippen LogP contribution in [0.1, 0.15) is 12.5 Å². The molecule has 0 saturated heterocycles. The van der Waals surface area contributed by atoms with Crippen LogP contribution < -0.4 is 0 Å². The number of hydroxylamine groups is 2. The number of hydrogen-bond donors (Lipinski definition) is 1. The summed E-state index contributed by atoms with van der Waals surface area (Å²) < 4.78 is 0. The van der Waals surface area contributed by atoms with Gasteiger partial charge in [0.05, 0.1) is 0 Å². The highest BCUT2D eigenvalue weighted by Gasteiger charge is 2.04. The van der Waals surface area contributed by atoms with Gasteiger partial charge in [0.15, 0.2) is 0 Å². The molecule has 0 aliphatic carbocycles. The highest BCUT2D eigenvalue weighted by atomic mass is 16.9. The minimum atomic E-state index is -0.545. The maximum atomic E-state index is 10.5. The Morgan fingerprint density at radius 3 is 2.62 bits per heavy atom. The second-order valence-electron chi connectivity index (χ2n) is 2.55. The van der Waals surface area contributed by atoms with Gasteiger partial charge in [-0.2, -0.15) is 0 Å². The Morgan fingerprint density at radius 2 is 2.08 bits per heavy atom. The Bertz CT molecular complexity index is 273. The molecule has 1 aromatic carbocycles. The standard InChI is InChI=1S/C9H11NO3/c1-8(11)10(12)13-7-9-5-3-2-4-6-9/h2-6,12H,7H2,1H3. The lowest BCUT2D eigenvalue weighted by molar-refractivity contribution is -0.320. The summed E-state index contributed by atoms with van der Waals surface area (Å²) in [5.74, 6) is -0.545. The van der Waals surface area contributed by atoms with Crippen molar-refractivity contribution in [2.24, 2.45) is 0 Å². The average molecular weight is 181 g/mol. The summed E-state index contributed by atoms with van der Waals surface area (Å²) in [6.45, 7) is 1.39. The number of carbonyl (C=O) groups is 1. The summed E-state index contributed by atoms with van der Waals surface area (Å²) in [5.41, 5.74) is 0.891. The molecular weight excluding hydrogens is 170 g/mol. The van der Waals surface area contributed by atoms with Crippen molar-refractivity contribution >= 4 is 5.91 Å². The normalized spacial score (nSPS) is 9.69. The van der Waals surface area contributed by atoms with Crippen molar-refractivity contribution in [1.82, 2.24) is 5.23 Å². The number of rotatable bonds is 3. The van der Waals surface area contributed by atoms with Crippen LogP contribution in [-0.4, -0.2) is 16.3 Å². The summed E-state index contributed by atoms with van der Waals surface area (Å²) in [6.07, 6.45) is 0. The molecule has 0 atom stereocenters. The first kappa shape index (κ1) is 9.70. The molecule has 0 aromatic heterocycles. The van der Waals surface area contributed by atoms with Crippen LogP contribution in [-0.2, 0) is 16.2 Å². The van der Waals surface area contributed by atoms with Crippen molar-refractivity contribution in [1.29, 1.82) is 0 Å². The lowest BCUT2D eigenvalue weighted by Crippen LogP contribution is -2.24. The molecule has 4 heteroatoms. The van der Waals surface area contributed by atoms with Crippen LogP contribution in [0.2, 0.25) is 0 Å². The van der Waals surface area contributed by atoms with E-state index in [0.717, 1.165) is 5.56 Å². The topological polar surface area (TPSA) is 49.8 Å². The van der Waals surface area contributed by atoms with Crippen LogP contribution in [0, 0.1) is 0 Å². The molecule has 0 bridgehead atoms. The number of hydrogen-bond acceptors (Lipinski definition) is 3. The first-order valence-corrected chi connectivity index (χ1v) is 3.86. The minimum Gasteiger partial charge on any atom is -0.270 e. The third-order valence-corrected chi connectivity index (χ3v) is 1.47. The van der Waals surface area contributed by atoms with Crippen molar-refractivity contribution in [3.8, 4) is 0 Å². The van der Waals surface area contributed by atoms with Crippen molar-refractivity contribution in [2.45, 2.75) is 13.5 Å². The van der Waals surface area contributed by atoms with Crippen LogP contribution in [0.25, 0.3) is 0 Å². The predicted octanol–water partition coefficient (Wildman–Crippen LogP) is 1.36. The molecule has 0 unspecified atom stereocenters. The van der Waals surface area contributed by atoms with Gasteiger partial charge in [-0.05, 0) is 5.56 Å². The van der Waals surface area contributed by atoms with Gasteiger partial charge in [0.25, 0.3) is 5.91 Å². The lowest BCUT2D eigenvalue weighted by atomic mass is 10.2. The molecule has 0 radical (unpaired) electrons. The summed E-state index contributed by atoms with van der Waals surface area (Å²) in [6, 6.07) is 9.27. The fourth-order valence-corrected chi connectivity index (χ4v) is 0.801. The molecule has 4 nitrogen and oxygen atoms in total. The van der Waals surface area contributed by atoms with E-state index in [4.69, 9.17) is 10.0 Å². The molecule has 0 aliphatic heterocycles. The van der Waals surface area contributed by atoms with Gasteiger partial charge in [-0.3, -0.25) is 10.0 Å². The van der Waals surface area contributed by atoms with E-state index in [1.807, 2.05) is 30.3 Å². The highest BCUT2D eigenvalue weighted by Crippen LogP contribution is 2.01. The van der Waals surface area contributed by atoms with E-state index in [0.29, 0.717) is 0 Å². The minimum absolute atomic E-state index is 0.178. The average Bonchev–Trinajstić information content (AvgIpc) is 2.15. The molecule has 13 heavy (non-hydrogen) atoms. The molecule has 1 rings (SSSR count). The lowest BCUT2D eigenvalue weighted by Gasteiger charge is -2.11. The summed E-state index contributed by atoms with van der Waals surface area (Å²) in [7, 11) is 0. The largest absolute Gasteiger partial charge is 0.270 e. The number of carbonyl (C=O) groups excluding carboxylic acids is 1. The molecule has 0 aliphatic rings. The molecule has 1 amide bonds. The van der Waals surface area contributed by atoms with E-state index in [1.54, 1.807) is 0 Å². The monoisotopic (exact) mass is 181 g/mol. The first-order valence-electron chi connectivity index (χ1n) is 3.86. The Hall–Kier alpha value is -1.39.